The highest BCUT2D eigenvalue weighted by Crippen LogP contribution is 2.23. The molecule has 0 radical (unpaired) electrons. The Morgan fingerprint density at radius 1 is 1.00 bits per heavy atom. The Morgan fingerprint density at radius 3 is 2.31 bits per heavy atom. The summed E-state index contributed by atoms with van der Waals surface area (Å²) in [5, 5.41) is 2.49. The molecule has 0 saturated heterocycles. The van der Waals surface area contributed by atoms with Crippen LogP contribution in [0.2, 0.25) is 0 Å². The Hall–Kier alpha value is -3.92. The molecule has 0 aromatic heterocycles. The molecule has 4 N–H and O–H groups in total. The molecule has 8 nitrogen and oxygen atoms in total. The van der Waals surface area contributed by atoms with Gasteiger partial charge < -0.3 is 15.8 Å². The SMILES string of the molecule is COc1ccc(NS(=O)(=O)c2cccc(C(=O)Nc3cc(C(N)=O)cc(F)c3C)c2)cc1. The first-order valence-corrected chi connectivity index (χ1v) is 10.8. The lowest BCUT2D eigenvalue weighted by Crippen LogP contribution is -2.17. The number of ether oxygens (including phenoxy) is 1. The number of nitrogens with two attached hydrogens (primary N) is 1. The number of primary amides is 1. The molecule has 0 aliphatic carbocycles. The van der Waals surface area contributed by atoms with Crippen LogP contribution < -0.4 is 20.5 Å². The summed E-state index contributed by atoms with van der Waals surface area (Å²) in [5.74, 6) is -1.68. The van der Waals surface area contributed by atoms with Crippen LogP contribution in [0.15, 0.2) is 65.6 Å². The molecule has 3 rings (SSSR count). The number of nitrogens with one attached hydrogen (secondary N) is 2. The molecule has 0 spiro atoms. The Bertz CT molecular complexity index is 1290. The minimum Gasteiger partial charge on any atom is -0.497 e. The van der Waals surface area contributed by atoms with Gasteiger partial charge in [-0.25, -0.2) is 12.8 Å². The van der Waals surface area contributed by atoms with E-state index in [4.69, 9.17) is 10.5 Å². The fourth-order valence-electron chi connectivity index (χ4n) is 2.82. The van der Waals surface area contributed by atoms with Crippen molar-refractivity contribution in [3.8, 4) is 5.75 Å². The number of carbonyl (C=O) groups is 2. The third-order valence-corrected chi connectivity index (χ3v) is 6.00. The highest BCUT2D eigenvalue weighted by molar-refractivity contribution is 7.92. The molecule has 3 aromatic rings. The zero-order chi connectivity index (χ0) is 23.5. The van der Waals surface area contributed by atoms with E-state index in [2.05, 4.69) is 10.0 Å². The van der Waals surface area contributed by atoms with E-state index in [0.29, 0.717) is 11.4 Å². The third-order valence-electron chi connectivity index (χ3n) is 4.63. The summed E-state index contributed by atoms with van der Waals surface area (Å²) < 4.78 is 47.0. The second-order valence-electron chi connectivity index (χ2n) is 6.81. The minimum absolute atomic E-state index is 0.0203. The first-order valence-electron chi connectivity index (χ1n) is 9.29. The van der Waals surface area contributed by atoms with Gasteiger partial charge in [0, 0.05) is 28.1 Å². The summed E-state index contributed by atoms with van der Waals surface area (Å²) >= 11 is 0. The zero-order valence-corrected chi connectivity index (χ0v) is 18.0. The number of methoxy groups -OCH3 is 1. The van der Waals surface area contributed by atoms with Crippen LogP contribution in [0, 0.1) is 12.7 Å². The van der Waals surface area contributed by atoms with Gasteiger partial charge in [-0.15, -0.1) is 0 Å². The number of rotatable bonds is 7. The van der Waals surface area contributed by atoms with E-state index in [1.807, 2.05) is 0 Å². The molecule has 0 unspecified atom stereocenters. The number of benzene rings is 3. The van der Waals surface area contributed by atoms with Crippen LogP contribution in [0.3, 0.4) is 0 Å². The summed E-state index contributed by atoms with van der Waals surface area (Å²) in [6.45, 7) is 1.43. The normalized spacial score (nSPS) is 11.0. The van der Waals surface area contributed by atoms with Crippen LogP contribution in [-0.4, -0.2) is 27.3 Å². The van der Waals surface area contributed by atoms with E-state index in [1.54, 1.807) is 12.1 Å². The van der Waals surface area contributed by atoms with Gasteiger partial charge in [0.2, 0.25) is 5.91 Å². The Labute approximate surface area is 184 Å². The largest absolute Gasteiger partial charge is 0.497 e. The summed E-state index contributed by atoms with van der Waals surface area (Å²) in [5.41, 5.74) is 5.57. The van der Waals surface area contributed by atoms with Gasteiger partial charge in [-0.1, -0.05) is 6.07 Å². The van der Waals surface area contributed by atoms with E-state index in [-0.39, 0.29) is 27.3 Å². The van der Waals surface area contributed by atoms with Gasteiger partial charge in [-0.2, -0.15) is 0 Å². The fourth-order valence-corrected chi connectivity index (χ4v) is 3.93. The number of hydrogen-bond acceptors (Lipinski definition) is 5. The minimum atomic E-state index is -3.99. The maximum absolute atomic E-state index is 14.1. The van der Waals surface area contributed by atoms with Crippen molar-refractivity contribution in [3.05, 3.63) is 83.2 Å². The molecule has 10 heteroatoms. The molecular formula is C22H20FN3O5S. The lowest BCUT2D eigenvalue weighted by molar-refractivity contribution is 0.0995. The van der Waals surface area contributed by atoms with Crippen LogP contribution in [0.4, 0.5) is 15.8 Å². The monoisotopic (exact) mass is 457 g/mol. The second-order valence-corrected chi connectivity index (χ2v) is 8.49. The standard InChI is InChI=1S/C22H20FN3O5S/c1-13-19(23)11-15(21(24)27)12-20(13)25-22(28)14-4-3-5-18(10-14)32(29,30)26-16-6-8-17(31-2)9-7-16/h3-12,26H,1-2H3,(H2,24,27)(H,25,28). The number of hydrogen-bond donors (Lipinski definition) is 3. The Kier molecular flexibility index (Phi) is 6.45. The number of sulfonamides is 1. The molecule has 32 heavy (non-hydrogen) atoms. The molecule has 0 heterocycles. The third kappa shape index (κ3) is 5.03. The molecule has 166 valence electrons. The summed E-state index contributed by atoms with van der Waals surface area (Å²) in [6, 6.07) is 13.8. The average Bonchev–Trinajstić information content (AvgIpc) is 2.77. The van der Waals surface area contributed by atoms with Crippen molar-refractivity contribution >= 4 is 33.2 Å². The molecule has 0 atom stereocenters. The van der Waals surface area contributed by atoms with Crippen LogP contribution in [0.25, 0.3) is 0 Å². The lowest BCUT2D eigenvalue weighted by Gasteiger charge is -2.12. The van der Waals surface area contributed by atoms with Crippen molar-refractivity contribution in [1.29, 1.82) is 0 Å². The van der Waals surface area contributed by atoms with Crippen LogP contribution in [-0.2, 0) is 10.0 Å². The second kappa shape index (κ2) is 9.06. The number of amides is 2. The predicted octanol–water partition coefficient (Wildman–Crippen LogP) is 3.29. The number of carbonyl (C=O) groups excluding carboxylic acids is 2. The van der Waals surface area contributed by atoms with Gasteiger partial charge in [-0.05, 0) is 61.5 Å². The maximum Gasteiger partial charge on any atom is 0.261 e. The van der Waals surface area contributed by atoms with Crippen LogP contribution in [0.5, 0.6) is 5.75 Å². The molecule has 0 aliphatic heterocycles. The van der Waals surface area contributed by atoms with E-state index in [0.717, 1.165) is 6.07 Å². The van der Waals surface area contributed by atoms with Gasteiger partial charge in [-0.3, -0.25) is 14.3 Å². The fraction of sp³-hybridized carbons (Fsp3) is 0.0909. The molecule has 0 fully saturated rings. The van der Waals surface area contributed by atoms with Gasteiger partial charge in [0.25, 0.3) is 15.9 Å². The number of halogens is 1. The quantitative estimate of drug-likeness (QED) is 0.502. The summed E-state index contributed by atoms with van der Waals surface area (Å²) in [7, 11) is -2.49. The van der Waals surface area contributed by atoms with Gasteiger partial charge in [0.15, 0.2) is 0 Å². The van der Waals surface area contributed by atoms with E-state index in [9.17, 15) is 22.4 Å². The predicted molar refractivity (Wildman–Crippen MR) is 118 cm³/mol. The van der Waals surface area contributed by atoms with Gasteiger partial charge in [0.1, 0.15) is 11.6 Å². The molecule has 2 amide bonds. The topological polar surface area (TPSA) is 128 Å². The van der Waals surface area contributed by atoms with Crippen molar-refractivity contribution in [2.75, 3.05) is 17.1 Å². The molecule has 0 aliphatic rings. The highest BCUT2D eigenvalue weighted by Gasteiger charge is 2.18. The highest BCUT2D eigenvalue weighted by atomic mass is 32.2. The molecule has 0 saturated carbocycles. The van der Waals surface area contributed by atoms with Crippen LogP contribution >= 0.6 is 0 Å². The van der Waals surface area contributed by atoms with Gasteiger partial charge >= 0.3 is 0 Å². The number of anilines is 2. The molecular weight excluding hydrogens is 437 g/mol. The zero-order valence-electron chi connectivity index (χ0n) is 17.2. The Morgan fingerprint density at radius 2 is 1.69 bits per heavy atom. The van der Waals surface area contributed by atoms with Gasteiger partial charge in [0.05, 0.1) is 12.0 Å². The molecule has 0 bridgehead atoms. The van der Waals surface area contributed by atoms with Crippen molar-refractivity contribution in [1.82, 2.24) is 0 Å². The van der Waals surface area contributed by atoms with E-state index in [1.165, 1.54) is 56.5 Å². The molecule has 3 aromatic carbocycles. The Balaban J connectivity index is 1.85. The lowest BCUT2D eigenvalue weighted by atomic mass is 10.1. The first-order chi connectivity index (χ1) is 15.1. The van der Waals surface area contributed by atoms with Crippen molar-refractivity contribution in [3.63, 3.8) is 0 Å². The van der Waals surface area contributed by atoms with Crippen molar-refractivity contribution in [2.24, 2.45) is 5.73 Å². The first kappa shape index (κ1) is 22.8. The van der Waals surface area contributed by atoms with Crippen LogP contribution in [0.1, 0.15) is 26.3 Å². The van der Waals surface area contributed by atoms with Crippen molar-refractivity contribution in [2.45, 2.75) is 11.8 Å². The summed E-state index contributed by atoms with van der Waals surface area (Å²) in [4.78, 5) is 23.9. The summed E-state index contributed by atoms with van der Waals surface area (Å²) in [6.07, 6.45) is 0. The maximum atomic E-state index is 14.1. The van der Waals surface area contributed by atoms with E-state index >= 15 is 0 Å². The van der Waals surface area contributed by atoms with E-state index < -0.39 is 27.7 Å². The van der Waals surface area contributed by atoms with Crippen molar-refractivity contribution < 1.29 is 27.1 Å². The average molecular weight is 457 g/mol. The smallest absolute Gasteiger partial charge is 0.261 e.